The van der Waals surface area contributed by atoms with E-state index in [-0.39, 0.29) is 0 Å². The predicted molar refractivity (Wildman–Crippen MR) is 36.2 cm³/mol. The fourth-order valence-electron chi connectivity index (χ4n) is 0.826. The first-order chi connectivity index (χ1) is 4.90. The van der Waals surface area contributed by atoms with Crippen LogP contribution in [0.1, 0.15) is 5.89 Å². The highest BCUT2D eigenvalue weighted by molar-refractivity contribution is 5.79. The van der Waals surface area contributed by atoms with E-state index in [1.807, 2.05) is 0 Å². The molecule has 0 saturated heterocycles. The normalized spacial score (nSPS) is 10.4. The molecule has 0 radical (unpaired) electrons. The van der Waals surface area contributed by atoms with E-state index in [1.165, 1.54) is 0 Å². The van der Waals surface area contributed by atoms with Crippen molar-refractivity contribution in [1.82, 2.24) is 9.97 Å². The van der Waals surface area contributed by atoms with Crippen molar-refractivity contribution < 1.29 is 4.42 Å². The van der Waals surface area contributed by atoms with Crippen molar-refractivity contribution >= 4 is 17.3 Å². The van der Waals surface area contributed by atoms with Gasteiger partial charge in [-0.1, -0.05) is 0 Å². The Labute approximate surface area is 56.4 Å². The molecule has 0 aliphatic carbocycles. The Morgan fingerprint density at radius 1 is 1.60 bits per heavy atom. The summed E-state index contributed by atoms with van der Waals surface area (Å²) in [6.45, 7) is 0. The summed E-state index contributed by atoms with van der Waals surface area (Å²) in [4.78, 5) is 6.79. The minimum absolute atomic E-state index is 0.346. The molecule has 2 heterocycles. The Bertz CT molecular complexity index is 331. The van der Waals surface area contributed by atoms with Crippen molar-refractivity contribution in [2.24, 2.45) is 0 Å². The van der Waals surface area contributed by atoms with Gasteiger partial charge in [0.2, 0.25) is 5.89 Å². The summed E-state index contributed by atoms with van der Waals surface area (Å²) in [7, 11) is 0. The molecule has 4 heteroatoms. The second-order valence-corrected chi connectivity index (χ2v) is 1.90. The zero-order valence-electron chi connectivity index (χ0n) is 5.09. The van der Waals surface area contributed by atoms with Gasteiger partial charge in [0.05, 0.1) is 6.21 Å². The summed E-state index contributed by atoms with van der Waals surface area (Å²) in [5.41, 5.74) is 1.46. The Balaban J connectivity index is 2.78. The Morgan fingerprint density at radius 3 is 3.20 bits per heavy atom. The van der Waals surface area contributed by atoms with Crippen LogP contribution < -0.4 is 0 Å². The Morgan fingerprint density at radius 2 is 2.50 bits per heavy atom. The lowest BCUT2D eigenvalue weighted by Gasteiger charge is -1.73. The van der Waals surface area contributed by atoms with E-state index >= 15 is 0 Å². The third-order valence-electron chi connectivity index (χ3n) is 1.26. The minimum atomic E-state index is 0.346. The Hall–Kier alpha value is -1.58. The van der Waals surface area contributed by atoms with E-state index < -0.39 is 0 Å². The average Bonchev–Trinajstić information content (AvgIpc) is 2.42. The van der Waals surface area contributed by atoms with Crippen molar-refractivity contribution in [1.29, 1.82) is 5.41 Å². The van der Waals surface area contributed by atoms with Crippen LogP contribution in [-0.4, -0.2) is 16.2 Å². The summed E-state index contributed by atoms with van der Waals surface area (Å²) in [6.07, 6.45) is 4.52. The molecule has 2 aromatic heterocycles. The SMILES string of the molecule is N=Cc1nc2c[nH]cc2o1. The van der Waals surface area contributed by atoms with Crippen molar-refractivity contribution in [3.05, 3.63) is 18.3 Å². The highest BCUT2D eigenvalue weighted by Crippen LogP contribution is 2.11. The molecule has 50 valence electrons. The van der Waals surface area contributed by atoms with Crippen LogP contribution in [0, 0.1) is 5.41 Å². The van der Waals surface area contributed by atoms with Crippen LogP contribution in [0.25, 0.3) is 11.1 Å². The van der Waals surface area contributed by atoms with E-state index in [9.17, 15) is 0 Å². The molecule has 0 fully saturated rings. The van der Waals surface area contributed by atoms with Crippen LogP contribution >= 0.6 is 0 Å². The topological polar surface area (TPSA) is 65.7 Å². The maximum absolute atomic E-state index is 6.82. The first-order valence-electron chi connectivity index (χ1n) is 2.84. The molecule has 0 aromatic carbocycles. The maximum atomic E-state index is 6.82. The van der Waals surface area contributed by atoms with Crippen LogP contribution in [0.3, 0.4) is 0 Å². The molecule has 0 bridgehead atoms. The fourth-order valence-corrected chi connectivity index (χ4v) is 0.826. The molecule has 0 spiro atoms. The summed E-state index contributed by atoms with van der Waals surface area (Å²) in [5.74, 6) is 0.346. The number of rotatable bonds is 1. The molecule has 2 N–H and O–H groups in total. The van der Waals surface area contributed by atoms with Crippen LogP contribution in [0.2, 0.25) is 0 Å². The average molecular weight is 135 g/mol. The molecule has 0 unspecified atom stereocenters. The van der Waals surface area contributed by atoms with Gasteiger partial charge in [-0.15, -0.1) is 0 Å². The highest BCUT2D eigenvalue weighted by atomic mass is 16.3. The van der Waals surface area contributed by atoms with Crippen molar-refractivity contribution in [3.8, 4) is 0 Å². The standard InChI is InChI=1S/C6H5N3O/c7-1-6-9-4-2-8-3-5(4)10-6/h1-3,7-8H. The summed E-state index contributed by atoms with van der Waals surface area (Å²) >= 11 is 0. The zero-order valence-corrected chi connectivity index (χ0v) is 5.09. The van der Waals surface area contributed by atoms with E-state index in [2.05, 4.69) is 9.97 Å². The third kappa shape index (κ3) is 0.556. The van der Waals surface area contributed by atoms with Gasteiger partial charge < -0.3 is 14.8 Å². The number of nitrogens with one attached hydrogen (secondary N) is 2. The lowest BCUT2D eigenvalue weighted by Crippen LogP contribution is -1.74. The lowest BCUT2D eigenvalue weighted by atomic mass is 10.6. The molecular weight excluding hydrogens is 130 g/mol. The van der Waals surface area contributed by atoms with Gasteiger partial charge in [0.1, 0.15) is 5.52 Å². The quantitative estimate of drug-likeness (QED) is 0.576. The summed E-state index contributed by atoms with van der Waals surface area (Å²) in [6, 6.07) is 0. The highest BCUT2D eigenvalue weighted by Gasteiger charge is 2.01. The molecular formula is C6H5N3O. The van der Waals surface area contributed by atoms with Gasteiger partial charge >= 0.3 is 0 Å². The van der Waals surface area contributed by atoms with E-state index in [0.717, 1.165) is 11.7 Å². The van der Waals surface area contributed by atoms with Crippen molar-refractivity contribution in [2.45, 2.75) is 0 Å². The van der Waals surface area contributed by atoms with Gasteiger partial charge in [-0.2, -0.15) is 0 Å². The van der Waals surface area contributed by atoms with E-state index in [1.54, 1.807) is 12.4 Å². The molecule has 2 rings (SSSR count). The first kappa shape index (κ1) is 5.22. The third-order valence-corrected chi connectivity index (χ3v) is 1.26. The first-order valence-corrected chi connectivity index (χ1v) is 2.84. The van der Waals surface area contributed by atoms with Gasteiger partial charge in [0, 0.05) is 12.4 Å². The van der Waals surface area contributed by atoms with Crippen LogP contribution in [-0.2, 0) is 0 Å². The number of aromatic nitrogens is 2. The van der Waals surface area contributed by atoms with E-state index in [4.69, 9.17) is 9.83 Å². The van der Waals surface area contributed by atoms with Crippen LogP contribution in [0.4, 0.5) is 0 Å². The largest absolute Gasteiger partial charge is 0.434 e. The molecule has 0 atom stereocenters. The smallest absolute Gasteiger partial charge is 0.238 e. The predicted octanol–water partition coefficient (Wildman–Crippen LogP) is 1.15. The molecule has 0 aliphatic rings. The summed E-state index contributed by atoms with van der Waals surface area (Å²) < 4.78 is 5.07. The number of H-pyrrole nitrogens is 1. The van der Waals surface area contributed by atoms with Gasteiger partial charge in [0.25, 0.3) is 0 Å². The summed E-state index contributed by atoms with van der Waals surface area (Å²) in [5, 5.41) is 6.82. The van der Waals surface area contributed by atoms with Gasteiger partial charge in [-0.25, -0.2) is 4.98 Å². The molecule has 2 aromatic rings. The number of hydrogen-bond acceptors (Lipinski definition) is 3. The van der Waals surface area contributed by atoms with Gasteiger partial charge in [-0.05, 0) is 0 Å². The molecule has 10 heavy (non-hydrogen) atoms. The van der Waals surface area contributed by atoms with Crippen molar-refractivity contribution in [3.63, 3.8) is 0 Å². The number of nitrogens with zero attached hydrogens (tertiary/aromatic N) is 1. The molecule has 0 amide bonds. The zero-order chi connectivity index (χ0) is 6.97. The number of aromatic amines is 1. The maximum Gasteiger partial charge on any atom is 0.238 e. The second-order valence-electron chi connectivity index (χ2n) is 1.90. The number of hydrogen-bond donors (Lipinski definition) is 2. The Kier molecular flexibility index (Phi) is 0.887. The van der Waals surface area contributed by atoms with Gasteiger partial charge in [0.15, 0.2) is 5.58 Å². The van der Waals surface area contributed by atoms with Crippen LogP contribution in [0.15, 0.2) is 16.8 Å². The number of fused-ring (bicyclic) bond motifs is 1. The molecule has 4 nitrogen and oxygen atoms in total. The van der Waals surface area contributed by atoms with Crippen LogP contribution in [0.5, 0.6) is 0 Å². The fraction of sp³-hybridized carbons (Fsp3) is 0. The number of oxazole rings is 1. The van der Waals surface area contributed by atoms with E-state index in [0.29, 0.717) is 11.5 Å². The molecule has 0 saturated carbocycles. The van der Waals surface area contributed by atoms with Gasteiger partial charge in [-0.3, -0.25) is 0 Å². The molecule has 0 aliphatic heterocycles. The lowest BCUT2D eigenvalue weighted by molar-refractivity contribution is 0.592. The minimum Gasteiger partial charge on any atom is -0.434 e. The van der Waals surface area contributed by atoms with Crippen molar-refractivity contribution in [2.75, 3.05) is 0 Å². The second kappa shape index (κ2) is 1.70. The monoisotopic (exact) mass is 135 g/mol.